The molecule has 0 aliphatic rings. The summed E-state index contributed by atoms with van der Waals surface area (Å²) in [7, 11) is 0. The molecule has 2 aromatic carbocycles. The summed E-state index contributed by atoms with van der Waals surface area (Å²) < 4.78 is 1.02. The lowest BCUT2D eigenvalue weighted by molar-refractivity contribution is 0.252. The number of carbonyl (C=O) groups excluding carboxylic acids is 1. The second-order valence-electron chi connectivity index (χ2n) is 5.68. The van der Waals surface area contributed by atoms with Crippen LogP contribution in [0.25, 0.3) is 10.8 Å². The van der Waals surface area contributed by atoms with Crippen molar-refractivity contribution in [2.24, 2.45) is 0 Å². The zero-order chi connectivity index (χ0) is 17.1. The molecule has 5 heteroatoms. The van der Waals surface area contributed by atoms with Gasteiger partial charge >= 0.3 is 6.03 Å². The van der Waals surface area contributed by atoms with Gasteiger partial charge in [0, 0.05) is 33.2 Å². The van der Waals surface area contributed by atoms with Gasteiger partial charge in [0.2, 0.25) is 0 Å². The van der Waals surface area contributed by atoms with Gasteiger partial charge in [-0.15, -0.1) is 0 Å². The van der Waals surface area contributed by atoms with E-state index in [0.29, 0.717) is 6.54 Å². The average Bonchev–Trinajstić information content (AvgIpc) is 2.55. The van der Waals surface area contributed by atoms with Crippen molar-refractivity contribution >= 4 is 38.4 Å². The van der Waals surface area contributed by atoms with E-state index in [-0.39, 0.29) is 6.03 Å². The highest BCUT2D eigenvalue weighted by molar-refractivity contribution is 9.10. The van der Waals surface area contributed by atoms with Crippen molar-refractivity contribution in [1.29, 1.82) is 0 Å². The van der Waals surface area contributed by atoms with Crippen LogP contribution in [-0.2, 0) is 6.54 Å². The Morgan fingerprint density at radius 3 is 2.58 bits per heavy atom. The van der Waals surface area contributed by atoms with Crippen LogP contribution in [-0.4, -0.2) is 11.0 Å². The lowest BCUT2D eigenvalue weighted by Gasteiger charge is -2.12. The third-order valence-electron chi connectivity index (χ3n) is 3.81. The summed E-state index contributed by atoms with van der Waals surface area (Å²) in [4.78, 5) is 16.7. The van der Waals surface area contributed by atoms with E-state index in [9.17, 15) is 4.79 Å². The second-order valence-corrected chi connectivity index (χ2v) is 6.60. The first-order valence-electron chi connectivity index (χ1n) is 7.69. The van der Waals surface area contributed by atoms with Crippen LogP contribution in [0.1, 0.15) is 17.0 Å². The first-order valence-corrected chi connectivity index (χ1v) is 8.48. The molecule has 0 saturated carbocycles. The van der Waals surface area contributed by atoms with E-state index in [1.807, 2.05) is 62.4 Å². The van der Waals surface area contributed by atoms with Gasteiger partial charge in [0.25, 0.3) is 0 Å². The van der Waals surface area contributed by atoms with Gasteiger partial charge in [-0.3, -0.25) is 4.98 Å². The maximum Gasteiger partial charge on any atom is 0.319 e. The van der Waals surface area contributed by atoms with Crippen molar-refractivity contribution in [2.45, 2.75) is 20.4 Å². The normalized spacial score (nSPS) is 10.6. The Labute approximate surface area is 149 Å². The Bertz CT molecular complexity index is 891. The van der Waals surface area contributed by atoms with Crippen LogP contribution in [0.3, 0.4) is 0 Å². The Balaban J connectivity index is 1.74. The molecular weight excluding hydrogens is 366 g/mol. The van der Waals surface area contributed by atoms with Crippen LogP contribution in [0.5, 0.6) is 0 Å². The van der Waals surface area contributed by atoms with Crippen LogP contribution in [0, 0.1) is 13.8 Å². The van der Waals surface area contributed by atoms with Crippen molar-refractivity contribution in [2.75, 3.05) is 5.32 Å². The number of nitrogens with zero attached hydrogens (tertiary/aromatic N) is 1. The fraction of sp³-hybridized carbons (Fsp3) is 0.158. The molecule has 4 nitrogen and oxygen atoms in total. The quantitative estimate of drug-likeness (QED) is 0.672. The maximum absolute atomic E-state index is 12.2. The first-order chi connectivity index (χ1) is 11.5. The third-order valence-corrected chi connectivity index (χ3v) is 4.34. The topological polar surface area (TPSA) is 54.0 Å². The summed E-state index contributed by atoms with van der Waals surface area (Å²) in [6.07, 6.45) is 0. The minimum absolute atomic E-state index is 0.225. The molecule has 2 N–H and O–H groups in total. The number of carbonyl (C=O) groups is 1. The number of pyridine rings is 1. The highest BCUT2D eigenvalue weighted by Crippen LogP contribution is 2.25. The minimum Gasteiger partial charge on any atom is -0.334 e. The lowest BCUT2D eigenvalue weighted by atomic mass is 10.1. The molecule has 0 fully saturated rings. The average molecular weight is 384 g/mol. The fourth-order valence-corrected chi connectivity index (χ4v) is 2.93. The molecule has 0 spiro atoms. The van der Waals surface area contributed by atoms with Gasteiger partial charge in [-0.25, -0.2) is 4.79 Å². The Morgan fingerprint density at radius 1 is 1.08 bits per heavy atom. The summed E-state index contributed by atoms with van der Waals surface area (Å²) in [5, 5.41) is 7.86. The molecule has 122 valence electrons. The van der Waals surface area contributed by atoms with E-state index >= 15 is 0 Å². The molecule has 24 heavy (non-hydrogen) atoms. The number of aryl methyl sites for hydroxylation is 2. The molecule has 1 heterocycles. The molecular formula is C19H18BrN3O. The van der Waals surface area contributed by atoms with Gasteiger partial charge in [-0.1, -0.05) is 40.2 Å². The number of rotatable bonds is 3. The molecule has 0 radical (unpaired) electrons. The third kappa shape index (κ3) is 3.74. The zero-order valence-corrected chi connectivity index (χ0v) is 15.1. The van der Waals surface area contributed by atoms with Gasteiger partial charge in [0.15, 0.2) is 0 Å². The summed E-state index contributed by atoms with van der Waals surface area (Å²) in [6, 6.07) is 15.5. The predicted octanol–water partition coefficient (Wildman–Crippen LogP) is 4.94. The van der Waals surface area contributed by atoms with Crippen LogP contribution in [0.15, 0.2) is 53.0 Å². The number of hydrogen-bond acceptors (Lipinski definition) is 2. The van der Waals surface area contributed by atoms with E-state index in [2.05, 4.69) is 31.5 Å². The fourth-order valence-electron chi connectivity index (χ4n) is 2.66. The van der Waals surface area contributed by atoms with Crippen LogP contribution in [0.2, 0.25) is 0 Å². The van der Waals surface area contributed by atoms with E-state index in [1.165, 1.54) is 0 Å². The highest BCUT2D eigenvalue weighted by Gasteiger charge is 2.08. The molecule has 3 aromatic rings. The lowest BCUT2D eigenvalue weighted by Crippen LogP contribution is -2.28. The smallest absolute Gasteiger partial charge is 0.319 e. The van der Waals surface area contributed by atoms with Crippen molar-refractivity contribution < 1.29 is 4.79 Å². The number of amides is 2. The molecule has 0 unspecified atom stereocenters. The molecule has 3 rings (SSSR count). The number of fused-ring (bicyclic) bond motifs is 1. The van der Waals surface area contributed by atoms with Crippen molar-refractivity contribution in [3.05, 3.63) is 70.0 Å². The first kappa shape index (κ1) is 16.5. The maximum atomic E-state index is 12.2. The van der Waals surface area contributed by atoms with E-state index in [4.69, 9.17) is 0 Å². The molecule has 0 bridgehead atoms. The molecule has 0 aliphatic carbocycles. The zero-order valence-electron chi connectivity index (χ0n) is 13.6. The monoisotopic (exact) mass is 383 g/mol. The molecule has 2 amide bonds. The number of benzene rings is 2. The Morgan fingerprint density at radius 2 is 1.83 bits per heavy atom. The minimum atomic E-state index is -0.225. The van der Waals surface area contributed by atoms with E-state index in [1.54, 1.807) is 0 Å². The van der Waals surface area contributed by atoms with Crippen LogP contribution in [0.4, 0.5) is 10.5 Å². The van der Waals surface area contributed by atoms with Crippen molar-refractivity contribution in [3.63, 3.8) is 0 Å². The standard InChI is InChI=1S/C19H18BrN3O/c1-12-10-17-16(13(2)22-12)4-3-5-18(17)23-19(24)21-11-14-6-8-15(20)9-7-14/h3-10H,11H2,1-2H3,(H2,21,23,24). The van der Waals surface area contributed by atoms with E-state index in [0.717, 1.165) is 37.9 Å². The molecule has 0 saturated heterocycles. The molecule has 1 aromatic heterocycles. The van der Waals surface area contributed by atoms with E-state index < -0.39 is 0 Å². The molecule has 0 atom stereocenters. The Hall–Kier alpha value is -2.40. The SMILES string of the molecule is Cc1cc2c(NC(=O)NCc3ccc(Br)cc3)cccc2c(C)n1. The number of aromatic nitrogens is 1. The number of hydrogen-bond donors (Lipinski definition) is 2. The summed E-state index contributed by atoms with van der Waals surface area (Å²) in [5.41, 5.74) is 3.73. The predicted molar refractivity (Wildman–Crippen MR) is 101 cm³/mol. The van der Waals surface area contributed by atoms with Crippen LogP contribution >= 0.6 is 15.9 Å². The summed E-state index contributed by atoms with van der Waals surface area (Å²) in [5.74, 6) is 0. The van der Waals surface area contributed by atoms with Gasteiger partial charge < -0.3 is 10.6 Å². The van der Waals surface area contributed by atoms with Gasteiger partial charge in [-0.05, 0) is 43.7 Å². The van der Waals surface area contributed by atoms with Crippen molar-refractivity contribution in [1.82, 2.24) is 10.3 Å². The number of anilines is 1. The highest BCUT2D eigenvalue weighted by atomic mass is 79.9. The number of nitrogens with one attached hydrogen (secondary N) is 2. The largest absolute Gasteiger partial charge is 0.334 e. The second kappa shape index (κ2) is 7.01. The molecule has 0 aliphatic heterocycles. The number of halogens is 1. The van der Waals surface area contributed by atoms with Gasteiger partial charge in [0.05, 0.1) is 5.69 Å². The summed E-state index contributed by atoms with van der Waals surface area (Å²) >= 11 is 3.40. The van der Waals surface area contributed by atoms with Crippen molar-refractivity contribution in [3.8, 4) is 0 Å². The number of urea groups is 1. The van der Waals surface area contributed by atoms with Gasteiger partial charge in [-0.2, -0.15) is 0 Å². The van der Waals surface area contributed by atoms with Gasteiger partial charge in [0.1, 0.15) is 0 Å². The summed E-state index contributed by atoms with van der Waals surface area (Å²) in [6.45, 7) is 4.41. The van der Waals surface area contributed by atoms with Crippen LogP contribution < -0.4 is 10.6 Å². The Kier molecular flexibility index (Phi) is 4.81.